The zero-order chi connectivity index (χ0) is 14.0. The van der Waals surface area contributed by atoms with E-state index >= 15 is 0 Å². The van der Waals surface area contributed by atoms with Crippen LogP contribution in [-0.4, -0.2) is 17.3 Å². The van der Waals surface area contributed by atoms with Crippen molar-refractivity contribution in [3.05, 3.63) is 33.9 Å². The van der Waals surface area contributed by atoms with Gasteiger partial charge < -0.3 is 5.32 Å². The second-order valence-electron chi connectivity index (χ2n) is 5.73. The largest absolute Gasteiger partial charge is 0.376 e. The standard InChI is InChI=1S/C14H18N2O3/c1-14(2)7-3-4-13(14)15-11-6-5-10(9-17)8-12(11)16(18)19/h5-6,8-9,13,15H,3-4,7H2,1-2H3. The number of hydrogen-bond donors (Lipinski definition) is 1. The minimum atomic E-state index is -0.447. The van der Waals surface area contributed by atoms with Crippen molar-refractivity contribution in [2.45, 2.75) is 39.2 Å². The van der Waals surface area contributed by atoms with E-state index in [-0.39, 0.29) is 17.1 Å². The van der Waals surface area contributed by atoms with Crippen LogP contribution in [0, 0.1) is 15.5 Å². The molecule has 0 aliphatic heterocycles. The first kappa shape index (κ1) is 13.5. The van der Waals surface area contributed by atoms with Gasteiger partial charge in [0.05, 0.1) is 4.92 Å². The van der Waals surface area contributed by atoms with Crippen LogP contribution >= 0.6 is 0 Å². The number of nitro benzene ring substituents is 1. The zero-order valence-electron chi connectivity index (χ0n) is 11.2. The molecule has 1 fully saturated rings. The van der Waals surface area contributed by atoms with Crippen molar-refractivity contribution < 1.29 is 9.72 Å². The molecule has 0 spiro atoms. The number of rotatable bonds is 4. The Bertz CT molecular complexity index is 511. The smallest absolute Gasteiger partial charge is 0.293 e. The lowest BCUT2D eigenvalue weighted by Gasteiger charge is -2.28. The van der Waals surface area contributed by atoms with E-state index in [1.54, 1.807) is 12.1 Å². The predicted molar refractivity (Wildman–Crippen MR) is 73.5 cm³/mol. The summed E-state index contributed by atoms with van der Waals surface area (Å²) in [6.07, 6.45) is 3.88. The maximum atomic E-state index is 11.1. The lowest BCUT2D eigenvalue weighted by atomic mass is 9.87. The maximum absolute atomic E-state index is 11.1. The van der Waals surface area contributed by atoms with Crippen molar-refractivity contribution >= 4 is 17.7 Å². The van der Waals surface area contributed by atoms with Crippen molar-refractivity contribution in [3.63, 3.8) is 0 Å². The highest BCUT2D eigenvalue weighted by Crippen LogP contribution is 2.40. The molecule has 0 bridgehead atoms. The molecule has 0 amide bonds. The first-order valence-corrected chi connectivity index (χ1v) is 6.44. The van der Waals surface area contributed by atoms with Gasteiger partial charge in [0.2, 0.25) is 0 Å². The molecule has 0 radical (unpaired) electrons. The van der Waals surface area contributed by atoms with Gasteiger partial charge in [-0.2, -0.15) is 0 Å². The summed E-state index contributed by atoms with van der Waals surface area (Å²) in [6.45, 7) is 4.34. The van der Waals surface area contributed by atoms with Gasteiger partial charge in [0, 0.05) is 17.7 Å². The van der Waals surface area contributed by atoms with Crippen LogP contribution in [0.15, 0.2) is 18.2 Å². The number of nitrogens with zero attached hydrogens (tertiary/aromatic N) is 1. The average Bonchev–Trinajstić information content (AvgIpc) is 2.69. The quantitative estimate of drug-likeness (QED) is 0.513. The van der Waals surface area contributed by atoms with Gasteiger partial charge in [0.25, 0.3) is 5.69 Å². The van der Waals surface area contributed by atoms with Crippen LogP contribution in [0.3, 0.4) is 0 Å². The third-order valence-electron chi connectivity index (χ3n) is 3.94. The molecule has 1 aromatic rings. The number of carbonyl (C=O) groups excluding carboxylic acids is 1. The Morgan fingerprint density at radius 1 is 1.47 bits per heavy atom. The van der Waals surface area contributed by atoms with Crippen molar-refractivity contribution in [2.24, 2.45) is 5.41 Å². The summed E-state index contributed by atoms with van der Waals surface area (Å²) >= 11 is 0. The summed E-state index contributed by atoms with van der Waals surface area (Å²) in [7, 11) is 0. The van der Waals surface area contributed by atoms with E-state index in [2.05, 4.69) is 19.2 Å². The molecule has 102 valence electrons. The molecule has 0 heterocycles. The molecule has 2 rings (SSSR count). The van der Waals surface area contributed by atoms with Crippen LogP contribution in [0.5, 0.6) is 0 Å². The lowest BCUT2D eigenvalue weighted by Crippen LogP contribution is -2.31. The molecular weight excluding hydrogens is 244 g/mol. The van der Waals surface area contributed by atoms with Gasteiger partial charge in [0.1, 0.15) is 12.0 Å². The topological polar surface area (TPSA) is 72.2 Å². The van der Waals surface area contributed by atoms with E-state index in [0.29, 0.717) is 17.5 Å². The average molecular weight is 262 g/mol. The first-order valence-electron chi connectivity index (χ1n) is 6.44. The van der Waals surface area contributed by atoms with E-state index in [1.807, 2.05) is 0 Å². The third-order valence-corrected chi connectivity index (χ3v) is 3.94. The molecule has 0 saturated heterocycles. The fourth-order valence-electron chi connectivity index (χ4n) is 2.68. The van der Waals surface area contributed by atoms with Crippen molar-refractivity contribution in [3.8, 4) is 0 Å². The molecule has 1 N–H and O–H groups in total. The predicted octanol–water partition coefficient (Wildman–Crippen LogP) is 3.40. The third kappa shape index (κ3) is 2.75. The molecule has 1 aliphatic carbocycles. The Kier molecular flexibility index (Phi) is 3.55. The Morgan fingerprint density at radius 3 is 2.74 bits per heavy atom. The summed E-state index contributed by atoms with van der Waals surface area (Å²) < 4.78 is 0. The van der Waals surface area contributed by atoms with E-state index < -0.39 is 4.92 Å². The van der Waals surface area contributed by atoms with Gasteiger partial charge in [-0.3, -0.25) is 14.9 Å². The van der Waals surface area contributed by atoms with Crippen molar-refractivity contribution in [1.82, 2.24) is 0 Å². The summed E-state index contributed by atoms with van der Waals surface area (Å²) in [5, 5.41) is 14.3. The molecule has 0 aromatic heterocycles. The van der Waals surface area contributed by atoms with Crippen LogP contribution < -0.4 is 5.32 Å². The minimum Gasteiger partial charge on any atom is -0.376 e. The molecule has 1 unspecified atom stereocenters. The number of carbonyl (C=O) groups is 1. The number of nitrogens with one attached hydrogen (secondary N) is 1. The number of anilines is 1. The van der Waals surface area contributed by atoms with E-state index in [4.69, 9.17) is 0 Å². The number of benzene rings is 1. The second kappa shape index (κ2) is 4.99. The second-order valence-corrected chi connectivity index (χ2v) is 5.73. The monoisotopic (exact) mass is 262 g/mol. The minimum absolute atomic E-state index is 0.0349. The lowest BCUT2D eigenvalue weighted by molar-refractivity contribution is -0.384. The molecule has 1 atom stereocenters. The number of hydrogen-bond acceptors (Lipinski definition) is 4. The highest BCUT2D eigenvalue weighted by atomic mass is 16.6. The molecule has 1 aliphatic rings. The molecule has 5 nitrogen and oxygen atoms in total. The maximum Gasteiger partial charge on any atom is 0.293 e. The highest BCUT2D eigenvalue weighted by molar-refractivity contribution is 5.79. The molecule has 19 heavy (non-hydrogen) atoms. The number of aldehydes is 1. The van der Waals surface area contributed by atoms with Crippen LogP contribution in [0.2, 0.25) is 0 Å². The fraction of sp³-hybridized carbons (Fsp3) is 0.500. The van der Waals surface area contributed by atoms with E-state index in [0.717, 1.165) is 19.3 Å². The van der Waals surface area contributed by atoms with Crippen LogP contribution in [0.4, 0.5) is 11.4 Å². The summed E-state index contributed by atoms with van der Waals surface area (Å²) in [5.74, 6) is 0. The summed E-state index contributed by atoms with van der Waals surface area (Å²) in [5.41, 5.74) is 0.919. The van der Waals surface area contributed by atoms with Crippen LogP contribution in [0.1, 0.15) is 43.5 Å². The van der Waals surface area contributed by atoms with Gasteiger partial charge in [0.15, 0.2) is 0 Å². The normalized spacial score (nSPS) is 21.1. The van der Waals surface area contributed by atoms with Crippen molar-refractivity contribution in [2.75, 3.05) is 5.32 Å². The Hall–Kier alpha value is -1.91. The van der Waals surface area contributed by atoms with Gasteiger partial charge in [-0.25, -0.2) is 0 Å². The van der Waals surface area contributed by atoms with Gasteiger partial charge >= 0.3 is 0 Å². The Labute approximate surface area is 112 Å². The van der Waals surface area contributed by atoms with Crippen molar-refractivity contribution in [1.29, 1.82) is 0 Å². The number of nitro groups is 1. The Balaban J connectivity index is 2.29. The Morgan fingerprint density at radius 2 is 2.21 bits per heavy atom. The van der Waals surface area contributed by atoms with E-state index in [9.17, 15) is 14.9 Å². The first-order chi connectivity index (χ1) is 8.94. The van der Waals surface area contributed by atoms with Gasteiger partial charge in [-0.05, 0) is 30.4 Å². The zero-order valence-corrected chi connectivity index (χ0v) is 11.2. The molecule has 1 aromatic carbocycles. The highest BCUT2D eigenvalue weighted by Gasteiger charge is 2.35. The van der Waals surface area contributed by atoms with Gasteiger partial charge in [-0.15, -0.1) is 0 Å². The molecular formula is C14H18N2O3. The molecule has 1 saturated carbocycles. The van der Waals surface area contributed by atoms with Crippen LogP contribution in [-0.2, 0) is 0 Å². The van der Waals surface area contributed by atoms with Crippen LogP contribution in [0.25, 0.3) is 0 Å². The summed E-state index contributed by atoms with van der Waals surface area (Å²) in [4.78, 5) is 21.3. The molecule has 5 heteroatoms. The summed E-state index contributed by atoms with van der Waals surface area (Å²) in [6, 6.07) is 4.77. The SMILES string of the molecule is CC1(C)CCCC1Nc1ccc(C=O)cc1[N+](=O)[O-]. The van der Waals surface area contributed by atoms with Gasteiger partial charge in [-0.1, -0.05) is 20.3 Å². The van der Waals surface area contributed by atoms with E-state index in [1.165, 1.54) is 6.07 Å². The fourth-order valence-corrected chi connectivity index (χ4v) is 2.68.